The van der Waals surface area contributed by atoms with E-state index in [0.29, 0.717) is 30.5 Å². The van der Waals surface area contributed by atoms with Crippen molar-refractivity contribution in [1.82, 2.24) is 9.88 Å². The minimum absolute atomic E-state index is 0.0941. The highest BCUT2D eigenvalue weighted by molar-refractivity contribution is 5.93. The van der Waals surface area contributed by atoms with Gasteiger partial charge in [0, 0.05) is 25.9 Å². The lowest BCUT2D eigenvalue weighted by molar-refractivity contribution is 0.0923. The first-order valence-corrected chi connectivity index (χ1v) is 6.20. The van der Waals surface area contributed by atoms with Crippen LogP contribution < -0.4 is 11.1 Å². The van der Waals surface area contributed by atoms with Crippen LogP contribution in [0.5, 0.6) is 0 Å². The summed E-state index contributed by atoms with van der Waals surface area (Å²) in [4.78, 5) is 12.1. The van der Waals surface area contributed by atoms with E-state index in [1.165, 1.54) is 0 Å². The third kappa shape index (κ3) is 3.77. The Labute approximate surface area is 108 Å². The number of rotatable bonds is 6. The third-order valence-corrected chi connectivity index (χ3v) is 2.72. The van der Waals surface area contributed by atoms with E-state index in [-0.39, 0.29) is 11.9 Å². The van der Waals surface area contributed by atoms with Gasteiger partial charge >= 0.3 is 0 Å². The van der Waals surface area contributed by atoms with Gasteiger partial charge in [0.25, 0.3) is 5.91 Å². The first-order chi connectivity index (χ1) is 8.45. The van der Waals surface area contributed by atoms with E-state index < -0.39 is 0 Å². The lowest BCUT2D eigenvalue weighted by atomic mass is 10.2. The molecule has 0 aromatic carbocycles. The van der Waals surface area contributed by atoms with Gasteiger partial charge in [0.05, 0.1) is 12.3 Å². The van der Waals surface area contributed by atoms with Crippen molar-refractivity contribution in [3.8, 4) is 0 Å². The van der Waals surface area contributed by atoms with Gasteiger partial charge in [0.1, 0.15) is 5.69 Å². The SMILES string of the molecule is COCC(C)CNC(=O)c1cc(N)cn1C(C)C. The van der Waals surface area contributed by atoms with Gasteiger partial charge in [-0.2, -0.15) is 0 Å². The molecule has 5 nitrogen and oxygen atoms in total. The van der Waals surface area contributed by atoms with E-state index in [0.717, 1.165) is 0 Å². The smallest absolute Gasteiger partial charge is 0.268 e. The molecule has 1 unspecified atom stereocenters. The number of hydrogen-bond acceptors (Lipinski definition) is 3. The molecule has 0 aliphatic rings. The van der Waals surface area contributed by atoms with Crippen molar-refractivity contribution in [1.29, 1.82) is 0 Å². The predicted octanol–water partition coefficient (Wildman–Crippen LogP) is 1.66. The third-order valence-electron chi connectivity index (χ3n) is 2.72. The Morgan fingerprint density at radius 2 is 2.17 bits per heavy atom. The Kier molecular flexibility index (Phi) is 5.22. The van der Waals surface area contributed by atoms with E-state index in [1.54, 1.807) is 19.4 Å². The molecule has 1 aromatic heterocycles. The maximum Gasteiger partial charge on any atom is 0.268 e. The Morgan fingerprint density at radius 3 is 2.72 bits per heavy atom. The highest BCUT2D eigenvalue weighted by Crippen LogP contribution is 2.16. The normalized spacial score (nSPS) is 12.7. The van der Waals surface area contributed by atoms with Crippen LogP contribution in [-0.4, -0.2) is 30.7 Å². The number of carbonyl (C=O) groups is 1. The van der Waals surface area contributed by atoms with Crippen molar-refractivity contribution in [3.05, 3.63) is 18.0 Å². The van der Waals surface area contributed by atoms with Crippen LogP contribution in [0.2, 0.25) is 0 Å². The Morgan fingerprint density at radius 1 is 1.50 bits per heavy atom. The summed E-state index contributed by atoms with van der Waals surface area (Å²) in [5, 5.41) is 2.90. The van der Waals surface area contributed by atoms with E-state index in [1.807, 2.05) is 25.3 Å². The summed E-state index contributed by atoms with van der Waals surface area (Å²) in [6.45, 7) is 7.29. The standard InChI is InChI=1S/C13H23N3O2/c1-9(2)16-7-11(14)5-12(16)13(17)15-6-10(3)8-18-4/h5,7,9-10H,6,8,14H2,1-4H3,(H,15,17). The number of carbonyl (C=O) groups excluding carboxylic acids is 1. The second-order valence-electron chi connectivity index (χ2n) is 4.93. The molecular weight excluding hydrogens is 230 g/mol. The Balaban J connectivity index is 2.66. The molecule has 1 rings (SSSR count). The predicted molar refractivity (Wildman–Crippen MR) is 72.6 cm³/mol. The van der Waals surface area contributed by atoms with Crippen LogP contribution in [-0.2, 0) is 4.74 Å². The number of nitrogens with zero attached hydrogens (tertiary/aromatic N) is 1. The zero-order chi connectivity index (χ0) is 13.7. The van der Waals surface area contributed by atoms with Gasteiger partial charge in [-0.05, 0) is 25.8 Å². The van der Waals surface area contributed by atoms with Gasteiger partial charge in [-0.3, -0.25) is 4.79 Å². The van der Waals surface area contributed by atoms with E-state index >= 15 is 0 Å². The summed E-state index contributed by atoms with van der Waals surface area (Å²) in [6, 6.07) is 1.91. The molecule has 0 fully saturated rings. The van der Waals surface area contributed by atoms with Crippen molar-refractivity contribution >= 4 is 11.6 Å². The molecule has 1 amide bonds. The Hall–Kier alpha value is -1.49. The number of anilines is 1. The maximum atomic E-state index is 12.1. The number of nitrogens with one attached hydrogen (secondary N) is 1. The van der Waals surface area contributed by atoms with Gasteiger partial charge in [0.2, 0.25) is 0 Å². The number of aromatic nitrogens is 1. The molecule has 1 heterocycles. The zero-order valence-corrected chi connectivity index (χ0v) is 11.6. The maximum absolute atomic E-state index is 12.1. The molecule has 1 atom stereocenters. The summed E-state index contributed by atoms with van der Waals surface area (Å²) < 4.78 is 6.91. The number of hydrogen-bond donors (Lipinski definition) is 2. The molecule has 1 aromatic rings. The van der Waals surface area contributed by atoms with Gasteiger partial charge in [-0.25, -0.2) is 0 Å². The van der Waals surface area contributed by atoms with Crippen LogP contribution in [0.25, 0.3) is 0 Å². The van der Waals surface area contributed by atoms with Gasteiger partial charge < -0.3 is 20.4 Å². The first-order valence-electron chi connectivity index (χ1n) is 6.20. The van der Waals surface area contributed by atoms with E-state index in [9.17, 15) is 4.79 Å². The van der Waals surface area contributed by atoms with Gasteiger partial charge in [-0.15, -0.1) is 0 Å². The van der Waals surface area contributed by atoms with Gasteiger partial charge in [-0.1, -0.05) is 6.92 Å². The van der Waals surface area contributed by atoms with Crippen molar-refractivity contribution in [3.63, 3.8) is 0 Å². The second kappa shape index (κ2) is 6.44. The molecule has 0 saturated carbocycles. The molecule has 3 N–H and O–H groups in total. The fourth-order valence-corrected chi connectivity index (χ4v) is 1.81. The average Bonchev–Trinajstić information content (AvgIpc) is 2.69. The summed E-state index contributed by atoms with van der Waals surface area (Å²) >= 11 is 0. The summed E-state index contributed by atoms with van der Waals surface area (Å²) in [5.41, 5.74) is 6.95. The van der Waals surface area contributed by atoms with Crippen molar-refractivity contribution in [2.45, 2.75) is 26.8 Å². The van der Waals surface area contributed by atoms with Crippen molar-refractivity contribution in [2.24, 2.45) is 5.92 Å². The molecule has 18 heavy (non-hydrogen) atoms. The molecule has 0 radical (unpaired) electrons. The Bertz CT molecular complexity index is 399. The highest BCUT2D eigenvalue weighted by Gasteiger charge is 2.15. The fraction of sp³-hybridized carbons (Fsp3) is 0.615. The number of amides is 1. The van der Waals surface area contributed by atoms with Crippen LogP contribution in [0, 0.1) is 5.92 Å². The zero-order valence-electron chi connectivity index (χ0n) is 11.6. The van der Waals surface area contributed by atoms with Crippen LogP contribution in [0.4, 0.5) is 5.69 Å². The molecule has 102 valence electrons. The van der Waals surface area contributed by atoms with Crippen LogP contribution in [0.1, 0.15) is 37.3 Å². The van der Waals surface area contributed by atoms with Crippen LogP contribution in [0.15, 0.2) is 12.3 Å². The molecule has 0 bridgehead atoms. The van der Waals surface area contributed by atoms with Crippen molar-refractivity contribution in [2.75, 3.05) is 26.0 Å². The molecular formula is C13H23N3O2. The molecule has 0 spiro atoms. The largest absolute Gasteiger partial charge is 0.397 e. The average molecular weight is 253 g/mol. The van der Waals surface area contributed by atoms with Crippen LogP contribution in [0.3, 0.4) is 0 Å². The van der Waals surface area contributed by atoms with Gasteiger partial charge in [0.15, 0.2) is 0 Å². The quantitative estimate of drug-likeness (QED) is 0.810. The monoisotopic (exact) mass is 253 g/mol. The summed E-state index contributed by atoms with van der Waals surface area (Å²) in [6.07, 6.45) is 1.79. The number of nitrogen functional groups attached to an aromatic ring is 1. The molecule has 0 saturated heterocycles. The topological polar surface area (TPSA) is 69.3 Å². The second-order valence-corrected chi connectivity index (χ2v) is 4.93. The summed E-state index contributed by atoms with van der Waals surface area (Å²) in [5.74, 6) is 0.196. The molecule has 0 aliphatic heterocycles. The number of methoxy groups -OCH3 is 1. The summed E-state index contributed by atoms with van der Waals surface area (Å²) in [7, 11) is 1.66. The minimum Gasteiger partial charge on any atom is -0.397 e. The first kappa shape index (κ1) is 14.6. The lowest BCUT2D eigenvalue weighted by Crippen LogP contribution is -2.31. The minimum atomic E-state index is -0.0941. The van der Waals surface area contributed by atoms with E-state index in [2.05, 4.69) is 5.32 Å². The van der Waals surface area contributed by atoms with Crippen molar-refractivity contribution < 1.29 is 9.53 Å². The lowest BCUT2D eigenvalue weighted by Gasteiger charge is -2.14. The number of ether oxygens (including phenoxy) is 1. The van der Waals surface area contributed by atoms with Crippen LogP contribution >= 0.6 is 0 Å². The number of nitrogens with two attached hydrogens (primary N) is 1. The molecule has 5 heteroatoms. The molecule has 0 aliphatic carbocycles. The highest BCUT2D eigenvalue weighted by atomic mass is 16.5. The fourth-order valence-electron chi connectivity index (χ4n) is 1.81. The van der Waals surface area contributed by atoms with E-state index in [4.69, 9.17) is 10.5 Å².